The van der Waals surface area contributed by atoms with Crippen molar-refractivity contribution in [2.24, 2.45) is 0 Å². The lowest BCUT2D eigenvalue weighted by Gasteiger charge is -2.16. The lowest BCUT2D eigenvalue weighted by Crippen LogP contribution is -2.19. The summed E-state index contributed by atoms with van der Waals surface area (Å²) in [5, 5.41) is 17.5. The van der Waals surface area contributed by atoms with Gasteiger partial charge in [-0.1, -0.05) is 61.5 Å². The van der Waals surface area contributed by atoms with Crippen LogP contribution in [0.25, 0.3) is 17.8 Å². The van der Waals surface area contributed by atoms with Crippen LogP contribution in [0.2, 0.25) is 0 Å². The minimum Gasteiger partial charge on any atom is -0.487 e. The zero-order chi connectivity index (χ0) is 28.2. The van der Waals surface area contributed by atoms with E-state index in [1.165, 1.54) is 28.9 Å². The third-order valence-electron chi connectivity index (χ3n) is 5.86. The molecule has 7 nitrogen and oxygen atoms in total. The third kappa shape index (κ3) is 6.84. The highest BCUT2D eigenvalue weighted by Gasteiger charge is 2.33. The van der Waals surface area contributed by atoms with E-state index >= 15 is 0 Å². The van der Waals surface area contributed by atoms with Crippen LogP contribution in [0, 0.1) is 6.92 Å². The average molecular weight is 538 g/mol. The largest absolute Gasteiger partial charge is 0.573 e. The van der Waals surface area contributed by atoms with Crippen LogP contribution in [0.4, 0.5) is 13.2 Å². The molecule has 3 aromatic carbocycles. The van der Waals surface area contributed by atoms with Gasteiger partial charge in [-0.3, -0.25) is 0 Å². The number of aromatic carboxylic acids is 1. The number of carboxylic acid groups (broad SMARTS) is 1. The zero-order valence-electron chi connectivity index (χ0n) is 21.4. The van der Waals surface area contributed by atoms with E-state index < -0.39 is 18.1 Å². The number of carboxylic acids is 1. The first-order valence-corrected chi connectivity index (χ1v) is 12.1. The molecular formula is C29H26F3N3O4. The van der Waals surface area contributed by atoms with Gasteiger partial charge < -0.3 is 14.6 Å². The van der Waals surface area contributed by atoms with Gasteiger partial charge in [0.2, 0.25) is 0 Å². The SMILES string of the molecule is Cc1cc(OCc2c(C(C)C)nnn2-c2ccccc2OC(F)(F)F)ccc1C=Cc1cccc(C(=O)O)c1. The molecule has 0 saturated heterocycles. The Hall–Kier alpha value is -4.60. The van der Waals surface area contributed by atoms with E-state index in [0.717, 1.165) is 16.7 Å². The van der Waals surface area contributed by atoms with E-state index in [1.54, 1.807) is 24.3 Å². The van der Waals surface area contributed by atoms with Crippen LogP contribution in [0.3, 0.4) is 0 Å². The summed E-state index contributed by atoms with van der Waals surface area (Å²) in [6, 6.07) is 17.9. The maximum absolute atomic E-state index is 13.0. The second kappa shape index (κ2) is 11.4. The first-order valence-electron chi connectivity index (χ1n) is 12.1. The van der Waals surface area contributed by atoms with E-state index in [2.05, 4.69) is 15.0 Å². The minimum absolute atomic E-state index is 0.0114. The number of alkyl halides is 3. The van der Waals surface area contributed by atoms with Gasteiger partial charge in [0, 0.05) is 0 Å². The summed E-state index contributed by atoms with van der Waals surface area (Å²) < 4.78 is 50.5. The molecule has 0 atom stereocenters. The number of ether oxygens (including phenoxy) is 2. The predicted molar refractivity (Wildman–Crippen MR) is 140 cm³/mol. The molecule has 0 unspecified atom stereocenters. The maximum Gasteiger partial charge on any atom is 0.573 e. The predicted octanol–water partition coefficient (Wildman–Crippen LogP) is 7.05. The fourth-order valence-corrected chi connectivity index (χ4v) is 3.97. The lowest BCUT2D eigenvalue weighted by atomic mass is 10.1. The topological polar surface area (TPSA) is 86.5 Å². The number of hydrogen-bond donors (Lipinski definition) is 1. The number of hydrogen-bond acceptors (Lipinski definition) is 5. The van der Waals surface area contributed by atoms with Crippen molar-refractivity contribution < 1.29 is 32.5 Å². The normalized spacial score (nSPS) is 11.8. The Morgan fingerprint density at radius 2 is 1.82 bits per heavy atom. The van der Waals surface area contributed by atoms with Crippen LogP contribution < -0.4 is 9.47 Å². The molecule has 0 aliphatic rings. The van der Waals surface area contributed by atoms with Crippen molar-refractivity contribution in [1.29, 1.82) is 0 Å². The van der Waals surface area contributed by atoms with Crippen LogP contribution >= 0.6 is 0 Å². The van der Waals surface area contributed by atoms with Gasteiger partial charge in [-0.25, -0.2) is 9.48 Å². The molecule has 1 aromatic heterocycles. The van der Waals surface area contributed by atoms with Crippen LogP contribution in [-0.4, -0.2) is 32.4 Å². The number of carbonyl (C=O) groups is 1. The highest BCUT2D eigenvalue weighted by atomic mass is 19.4. The van der Waals surface area contributed by atoms with E-state index in [9.17, 15) is 23.1 Å². The quantitative estimate of drug-likeness (QED) is 0.230. The van der Waals surface area contributed by atoms with Gasteiger partial charge in [0.1, 0.15) is 23.7 Å². The Bertz CT molecular complexity index is 1510. The molecule has 0 aliphatic heterocycles. The summed E-state index contributed by atoms with van der Waals surface area (Å²) in [4.78, 5) is 11.2. The summed E-state index contributed by atoms with van der Waals surface area (Å²) in [6.07, 6.45) is -1.15. The third-order valence-corrected chi connectivity index (χ3v) is 5.86. The smallest absolute Gasteiger partial charge is 0.487 e. The van der Waals surface area contributed by atoms with Crippen molar-refractivity contribution in [2.45, 2.75) is 39.7 Å². The van der Waals surface area contributed by atoms with Gasteiger partial charge >= 0.3 is 12.3 Å². The van der Waals surface area contributed by atoms with Crippen molar-refractivity contribution >= 4 is 18.1 Å². The molecule has 39 heavy (non-hydrogen) atoms. The molecule has 0 radical (unpaired) electrons. The highest BCUT2D eigenvalue weighted by molar-refractivity contribution is 5.88. The number of rotatable bonds is 9. The number of halogens is 3. The van der Waals surface area contributed by atoms with Crippen LogP contribution in [0.5, 0.6) is 11.5 Å². The molecule has 0 bridgehead atoms. The van der Waals surface area contributed by atoms with Crippen molar-refractivity contribution in [2.75, 3.05) is 0 Å². The molecule has 0 aliphatic carbocycles. The van der Waals surface area contributed by atoms with Crippen molar-refractivity contribution in [3.63, 3.8) is 0 Å². The average Bonchev–Trinajstić information content (AvgIpc) is 3.30. The number of nitrogens with zero attached hydrogens (tertiary/aromatic N) is 3. The van der Waals surface area contributed by atoms with Crippen LogP contribution in [-0.2, 0) is 6.61 Å². The van der Waals surface area contributed by atoms with Crippen molar-refractivity contribution in [1.82, 2.24) is 15.0 Å². The summed E-state index contributed by atoms with van der Waals surface area (Å²) in [5.41, 5.74) is 3.98. The number of aryl methyl sites for hydroxylation is 1. The first kappa shape index (κ1) is 27.4. The fourth-order valence-electron chi connectivity index (χ4n) is 3.97. The van der Waals surface area contributed by atoms with Gasteiger partial charge in [-0.2, -0.15) is 0 Å². The van der Waals surface area contributed by atoms with E-state index in [1.807, 2.05) is 51.1 Å². The van der Waals surface area contributed by atoms with Gasteiger partial charge in [-0.15, -0.1) is 18.3 Å². The Morgan fingerprint density at radius 1 is 1.05 bits per heavy atom. The monoisotopic (exact) mass is 537 g/mol. The summed E-state index contributed by atoms with van der Waals surface area (Å²) in [6.45, 7) is 5.74. The molecule has 202 valence electrons. The molecule has 0 saturated carbocycles. The zero-order valence-corrected chi connectivity index (χ0v) is 21.4. The first-order chi connectivity index (χ1) is 18.5. The maximum atomic E-state index is 13.0. The standard InChI is InChI=1S/C29H26F3N3O4/c1-18(2)27-25(35(34-33-27)24-9-4-5-10-26(24)39-29(30,31)32)17-38-23-14-13-21(19(3)15-23)12-11-20-7-6-8-22(16-20)28(36)37/h4-16,18H,17H2,1-3H3,(H,36,37). The van der Waals surface area contributed by atoms with Gasteiger partial charge in [-0.05, 0) is 65.9 Å². The molecule has 0 amide bonds. The summed E-state index contributed by atoms with van der Waals surface area (Å²) in [7, 11) is 0. The second-order valence-electron chi connectivity index (χ2n) is 9.07. The van der Waals surface area contributed by atoms with Crippen LogP contribution in [0.1, 0.15) is 58.2 Å². The number of benzene rings is 3. The van der Waals surface area contributed by atoms with Gasteiger partial charge in [0.15, 0.2) is 5.75 Å². The molecule has 1 heterocycles. The minimum atomic E-state index is -4.86. The molecule has 0 fully saturated rings. The summed E-state index contributed by atoms with van der Waals surface area (Å²) >= 11 is 0. The Kier molecular flexibility index (Phi) is 8.04. The summed E-state index contributed by atoms with van der Waals surface area (Å²) in [5.74, 6) is -0.884. The van der Waals surface area contributed by atoms with Gasteiger partial charge in [0.25, 0.3) is 0 Å². The van der Waals surface area contributed by atoms with Crippen LogP contribution in [0.15, 0.2) is 66.7 Å². The van der Waals surface area contributed by atoms with Gasteiger partial charge in [0.05, 0.1) is 11.3 Å². The fraction of sp³-hybridized carbons (Fsp3) is 0.207. The molecule has 0 spiro atoms. The van der Waals surface area contributed by atoms with E-state index in [-0.39, 0.29) is 23.8 Å². The second-order valence-corrected chi connectivity index (χ2v) is 9.07. The molecule has 10 heteroatoms. The Morgan fingerprint density at radius 3 is 2.51 bits per heavy atom. The molecule has 1 N–H and O–H groups in total. The molecule has 4 aromatic rings. The van der Waals surface area contributed by atoms with Crippen molar-refractivity contribution in [3.8, 4) is 17.2 Å². The highest BCUT2D eigenvalue weighted by Crippen LogP contribution is 2.31. The molecular weight excluding hydrogens is 511 g/mol. The van der Waals surface area contributed by atoms with E-state index in [4.69, 9.17) is 4.74 Å². The van der Waals surface area contributed by atoms with E-state index in [0.29, 0.717) is 17.1 Å². The Labute approximate surface area is 223 Å². The Balaban J connectivity index is 1.56. The lowest BCUT2D eigenvalue weighted by molar-refractivity contribution is -0.274. The number of para-hydroxylation sites is 2. The van der Waals surface area contributed by atoms with Crippen molar-refractivity contribution in [3.05, 3.63) is 100 Å². The molecule has 4 rings (SSSR count). The number of aromatic nitrogens is 3.